The van der Waals surface area contributed by atoms with Gasteiger partial charge in [-0.15, -0.1) is 5.54 Å². The first kappa shape index (κ1) is 19.2. The highest BCUT2D eigenvalue weighted by atomic mass is 28.3. The van der Waals surface area contributed by atoms with Gasteiger partial charge in [0, 0.05) is 17.7 Å². The number of nitro benzene ring substituents is 1. The minimum absolute atomic E-state index is 0.147. The zero-order chi connectivity index (χ0) is 17.7. The molecule has 5 heteroatoms. The Morgan fingerprint density at radius 3 is 2.17 bits per heavy atom. The summed E-state index contributed by atoms with van der Waals surface area (Å²) in [7, 11) is -1.50. The van der Waals surface area contributed by atoms with Gasteiger partial charge in [-0.1, -0.05) is 41.5 Å². The van der Waals surface area contributed by atoms with E-state index in [0.717, 1.165) is 23.7 Å². The maximum absolute atomic E-state index is 11.3. The van der Waals surface area contributed by atoms with Gasteiger partial charge in [-0.3, -0.25) is 10.1 Å². The molecule has 0 spiro atoms. The van der Waals surface area contributed by atoms with E-state index in [-0.39, 0.29) is 16.0 Å². The van der Waals surface area contributed by atoms with E-state index in [1.165, 1.54) is 0 Å². The van der Waals surface area contributed by atoms with Crippen molar-refractivity contribution in [3.8, 4) is 11.6 Å². The molecule has 0 saturated heterocycles. The molecule has 0 aliphatic rings. The first-order valence-corrected chi connectivity index (χ1v) is 10.9. The summed E-state index contributed by atoms with van der Waals surface area (Å²) in [4.78, 5) is 11.0. The number of nitrogens with one attached hydrogen (secondary N) is 1. The van der Waals surface area contributed by atoms with Crippen LogP contribution < -0.4 is 5.32 Å². The molecule has 0 aromatic heterocycles. The van der Waals surface area contributed by atoms with Gasteiger partial charge in [-0.05, 0) is 35.7 Å². The molecule has 0 bridgehead atoms. The maximum atomic E-state index is 11.3. The fourth-order valence-corrected chi connectivity index (χ4v) is 5.00. The molecule has 1 aromatic rings. The summed E-state index contributed by atoms with van der Waals surface area (Å²) in [6.07, 6.45) is 0. The molecule has 0 atom stereocenters. The minimum Gasteiger partial charge on any atom is -0.315 e. The molecule has 4 nitrogen and oxygen atoms in total. The van der Waals surface area contributed by atoms with Crippen LogP contribution in [0, 0.1) is 21.7 Å². The van der Waals surface area contributed by atoms with Crippen LogP contribution in [0.5, 0.6) is 0 Å². The third kappa shape index (κ3) is 4.83. The van der Waals surface area contributed by atoms with Crippen LogP contribution in [0.2, 0.25) is 18.1 Å². The maximum Gasteiger partial charge on any atom is 0.275 e. The lowest BCUT2D eigenvalue weighted by atomic mass is 9.85. The Hall–Kier alpha value is -1.80. The lowest BCUT2D eigenvalue weighted by Gasteiger charge is -2.20. The van der Waals surface area contributed by atoms with Gasteiger partial charge in [0.25, 0.3) is 5.69 Å². The Kier molecular flexibility index (Phi) is 6.40. The topological polar surface area (TPSA) is 55.2 Å². The third-order valence-electron chi connectivity index (χ3n) is 4.57. The van der Waals surface area contributed by atoms with Crippen molar-refractivity contribution in [1.82, 2.24) is 0 Å². The van der Waals surface area contributed by atoms with Crippen LogP contribution in [0.25, 0.3) is 0 Å². The SMILES string of the molecule is CC[Si](C#CNc1ccc(C(C)(C)C)c([N+](=O)[O-])c1)(CC)CC. The Balaban J connectivity index is 3.09. The van der Waals surface area contributed by atoms with Crippen LogP contribution in [0.3, 0.4) is 0 Å². The largest absolute Gasteiger partial charge is 0.315 e. The molecule has 0 aliphatic carbocycles. The van der Waals surface area contributed by atoms with E-state index in [9.17, 15) is 10.1 Å². The molecule has 0 amide bonds. The third-order valence-corrected chi connectivity index (χ3v) is 9.28. The lowest BCUT2D eigenvalue weighted by Crippen LogP contribution is -2.29. The number of hydrogen-bond acceptors (Lipinski definition) is 3. The summed E-state index contributed by atoms with van der Waals surface area (Å²) >= 11 is 0. The number of rotatable bonds is 5. The summed E-state index contributed by atoms with van der Waals surface area (Å²) in [6, 6.07) is 11.8. The quantitative estimate of drug-likeness (QED) is 0.261. The first-order valence-electron chi connectivity index (χ1n) is 8.26. The van der Waals surface area contributed by atoms with Crippen LogP contribution in [-0.4, -0.2) is 13.0 Å². The van der Waals surface area contributed by atoms with Crippen LogP contribution in [0.1, 0.15) is 47.1 Å². The molecule has 0 fully saturated rings. The van der Waals surface area contributed by atoms with Gasteiger partial charge < -0.3 is 5.32 Å². The molecule has 1 N–H and O–H groups in total. The predicted molar refractivity (Wildman–Crippen MR) is 100 cm³/mol. The second-order valence-electron chi connectivity index (χ2n) is 6.96. The number of nitrogens with zero attached hydrogens (tertiary/aromatic N) is 1. The highest BCUT2D eigenvalue weighted by Gasteiger charge is 2.25. The smallest absolute Gasteiger partial charge is 0.275 e. The van der Waals surface area contributed by atoms with Gasteiger partial charge in [-0.25, -0.2) is 0 Å². The summed E-state index contributed by atoms with van der Waals surface area (Å²) in [6.45, 7) is 12.6. The average molecular weight is 333 g/mol. The van der Waals surface area contributed by atoms with E-state index in [2.05, 4.69) is 37.7 Å². The fraction of sp³-hybridized carbons (Fsp3) is 0.556. The Labute approximate surface area is 140 Å². The highest BCUT2D eigenvalue weighted by Crippen LogP contribution is 2.33. The standard InChI is InChI=1S/C18H28N2O2Si/c1-7-23(8-2,9-3)13-12-19-15-10-11-16(18(4,5)6)17(14-15)20(21)22/h10-11,14,19H,7-9H2,1-6H3. The van der Waals surface area contributed by atoms with E-state index in [1.54, 1.807) is 6.07 Å². The molecule has 23 heavy (non-hydrogen) atoms. The van der Waals surface area contributed by atoms with E-state index in [0.29, 0.717) is 5.69 Å². The predicted octanol–water partition coefficient (Wildman–Crippen LogP) is 5.31. The summed E-state index contributed by atoms with van der Waals surface area (Å²) in [5.74, 6) is 0. The van der Waals surface area contributed by atoms with Crippen LogP contribution in [-0.2, 0) is 5.41 Å². The van der Waals surface area contributed by atoms with Crippen LogP contribution in [0.4, 0.5) is 11.4 Å². The molecular formula is C18H28N2O2Si. The summed E-state index contributed by atoms with van der Waals surface area (Å²) in [5.41, 5.74) is 4.74. The molecule has 0 unspecified atom stereocenters. The molecule has 0 heterocycles. The summed E-state index contributed by atoms with van der Waals surface area (Å²) < 4.78 is 0. The molecule has 0 radical (unpaired) electrons. The van der Waals surface area contributed by atoms with Gasteiger partial charge in [0.1, 0.15) is 8.07 Å². The second-order valence-corrected chi connectivity index (χ2v) is 11.9. The Morgan fingerprint density at radius 1 is 1.17 bits per heavy atom. The zero-order valence-corrected chi connectivity index (χ0v) is 16.1. The lowest BCUT2D eigenvalue weighted by molar-refractivity contribution is -0.385. The van der Waals surface area contributed by atoms with Crippen molar-refractivity contribution < 1.29 is 4.92 Å². The molecular weight excluding hydrogens is 304 g/mol. The fourth-order valence-electron chi connectivity index (χ4n) is 2.65. The van der Waals surface area contributed by atoms with Crippen molar-refractivity contribution in [2.24, 2.45) is 0 Å². The zero-order valence-electron chi connectivity index (χ0n) is 15.1. The van der Waals surface area contributed by atoms with Crippen molar-refractivity contribution in [2.75, 3.05) is 5.32 Å². The van der Waals surface area contributed by atoms with Crippen molar-refractivity contribution in [3.63, 3.8) is 0 Å². The van der Waals surface area contributed by atoms with Gasteiger partial charge in [0.2, 0.25) is 0 Å². The molecule has 1 rings (SSSR count). The van der Waals surface area contributed by atoms with Gasteiger partial charge >= 0.3 is 0 Å². The van der Waals surface area contributed by atoms with E-state index in [1.807, 2.05) is 32.9 Å². The molecule has 0 aliphatic heterocycles. The molecule has 1 aromatic carbocycles. The van der Waals surface area contributed by atoms with Crippen LogP contribution in [0.15, 0.2) is 18.2 Å². The number of anilines is 1. The Morgan fingerprint density at radius 2 is 1.74 bits per heavy atom. The molecule has 0 saturated carbocycles. The van der Waals surface area contributed by atoms with Gasteiger partial charge in [-0.2, -0.15) is 0 Å². The highest BCUT2D eigenvalue weighted by molar-refractivity contribution is 6.87. The van der Waals surface area contributed by atoms with Gasteiger partial charge in [0.05, 0.1) is 10.6 Å². The number of nitro groups is 1. The minimum atomic E-state index is -1.50. The van der Waals surface area contributed by atoms with Gasteiger partial charge in [0.15, 0.2) is 0 Å². The summed E-state index contributed by atoms with van der Waals surface area (Å²) in [5, 5.41) is 14.4. The normalized spacial score (nSPS) is 11.6. The van der Waals surface area contributed by atoms with Crippen molar-refractivity contribution >= 4 is 19.4 Å². The Bertz CT molecular complexity index is 612. The van der Waals surface area contributed by atoms with E-state index >= 15 is 0 Å². The molecule has 126 valence electrons. The number of benzene rings is 1. The van der Waals surface area contributed by atoms with Crippen molar-refractivity contribution in [1.29, 1.82) is 0 Å². The van der Waals surface area contributed by atoms with Crippen molar-refractivity contribution in [2.45, 2.75) is 65.1 Å². The van der Waals surface area contributed by atoms with Crippen LogP contribution >= 0.6 is 0 Å². The second kappa shape index (κ2) is 7.65. The first-order chi connectivity index (χ1) is 10.7. The number of hydrogen-bond donors (Lipinski definition) is 1. The average Bonchev–Trinajstić information content (AvgIpc) is 2.51. The van der Waals surface area contributed by atoms with E-state index in [4.69, 9.17) is 0 Å². The van der Waals surface area contributed by atoms with Crippen molar-refractivity contribution in [3.05, 3.63) is 33.9 Å². The monoisotopic (exact) mass is 332 g/mol. The van der Waals surface area contributed by atoms with E-state index < -0.39 is 8.07 Å².